The standard InChI is InChI=1S/C11H15N.C4H9NO/c1-3-7-11(8-4-1)12-9-5-2-6-10-12;1-3-6-4-2-5-1/h1,3-4,7-8H,2,5-6,9-10H2;5H,1-4H2. The van der Waals surface area contributed by atoms with Crippen LogP contribution in [0.25, 0.3) is 0 Å². The molecule has 0 amide bonds. The maximum atomic E-state index is 5.01. The summed E-state index contributed by atoms with van der Waals surface area (Å²) in [4.78, 5) is 2.48. The number of morpholine rings is 1. The number of nitrogens with one attached hydrogen (secondary N) is 1. The first kappa shape index (κ1) is 13.4. The SMILES string of the molecule is C1COCCN1.c1ccc(N2CCCCC2)cc1. The molecule has 3 nitrogen and oxygen atoms in total. The lowest BCUT2D eigenvalue weighted by molar-refractivity contribution is 0.109. The van der Waals surface area contributed by atoms with Crippen LogP contribution in [0.15, 0.2) is 30.3 Å². The van der Waals surface area contributed by atoms with Crippen molar-refractivity contribution in [1.29, 1.82) is 0 Å². The molecule has 2 aliphatic heterocycles. The van der Waals surface area contributed by atoms with E-state index >= 15 is 0 Å². The van der Waals surface area contributed by atoms with Crippen molar-refractivity contribution in [2.75, 3.05) is 44.3 Å². The van der Waals surface area contributed by atoms with E-state index in [1.54, 1.807) is 0 Å². The maximum Gasteiger partial charge on any atom is 0.0591 e. The van der Waals surface area contributed by atoms with Gasteiger partial charge in [-0.15, -0.1) is 0 Å². The number of nitrogens with zero attached hydrogens (tertiary/aromatic N) is 1. The molecular weight excluding hydrogens is 224 g/mol. The van der Waals surface area contributed by atoms with Crippen LogP contribution >= 0.6 is 0 Å². The summed E-state index contributed by atoms with van der Waals surface area (Å²) in [7, 11) is 0. The second kappa shape index (κ2) is 8.11. The topological polar surface area (TPSA) is 24.5 Å². The Bertz CT molecular complexity index is 294. The molecule has 0 spiro atoms. The van der Waals surface area contributed by atoms with E-state index in [9.17, 15) is 0 Å². The van der Waals surface area contributed by atoms with E-state index in [2.05, 4.69) is 40.5 Å². The smallest absolute Gasteiger partial charge is 0.0591 e. The molecule has 0 bridgehead atoms. The van der Waals surface area contributed by atoms with E-state index in [0.29, 0.717) is 0 Å². The van der Waals surface area contributed by atoms with Gasteiger partial charge in [0.25, 0.3) is 0 Å². The Kier molecular flexibility index (Phi) is 6.03. The zero-order valence-corrected chi connectivity index (χ0v) is 11.1. The van der Waals surface area contributed by atoms with Gasteiger partial charge < -0.3 is 15.0 Å². The maximum absolute atomic E-state index is 5.01. The molecule has 3 heteroatoms. The molecular formula is C15H24N2O. The number of hydrogen-bond acceptors (Lipinski definition) is 3. The summed E-state index contributed by atoms with van der Waals surface area (Å²) < 4.78 is 5.01. The number of ether oxygens (including phenoxy) is 1. The Morgan fingerprint density at radius 2 is 1.56 bits per heavy atom. The fourth-order valence-corrected chi connectivity index (χ4v) is 2.31. The van der Waals surface area contributed by atoms with E-state index in [-0.39, 0.29) is 0 Å². The quantitative estimate of drug-likeness (QED) is 0.825. The summed E-state index contributed by atoms with van der Waals surface area (Å²) in [6, 6.07) is 10.7. The van der Waals surface area contributed by atoms with Gasteiger partial charge in [0.1, 0.15) is 0 Å². The lowest BCUT2D eigenvalue weighted by Crippen LogP contribution is -2.30. The van der Waals surface area contributed by atoms with Crippen molar-refractivity contribution < 1.29 is 4.74 Å². The van der Waals surface area contributed by atoms with Crippen molar-refractivity contribution >= 4 is 5.69 Å². The third kappa shape index (κ3) is 4.67. The molecule has 0 aromatic heterocycles. The summed E-state index contributed by atoms with van der Waals surface area (Å²) in [5.74, 6) is 0. The van der Waals surface area contributed by atoms with E-state index < -0.39 is 0 Å². The molecule has 0 saturated carbocycles. The number of para-hydroxylation sites is 1. The Morgan fingerprint density at radius 1 is 0.889 bits per heavy atom. The van der Waals surface area contributed by atoms with Crippen LogP contribution in [-0.4, -0.2) is 39.4 Å². The lowest BCUT2D eigenvalue weighted by Gasteiger charge is -2.28. The van der Waals surface area contributed by atoms with E-state index in [1.165, 1.54) is 38.0 Å². The fraction of sp³-hybridized carbons (Fsp3) is 0.600. The normalized spacial score (nSPS) is 19.9. The second-order valence-corrected chi connectivity index (χ2v) is 4.75. The molecule has 2 heterocycles. The van der Waals surface area contributed by atoms with Crippen LogP contribution in [0.4, 0.5) is 5.69 Å². The van der Waals surface area contributed by atoms with Gasteiger partial charge in [-0.25, -0.2) is 0 Å². The molecule has 0 radical (unpaired) electrons. The molecule has 100 valence electrons. The summed E-state index contributed by atoms with van der Waals surface area (Å²) in [6.45, 7) is 6.31. The van der Waals surface area contributed by atoms with Gasteiger partial charge in [0, 0.05) is 31.9 Å². The molecule has 1 aromatic rings. The van der Waals surface area contributed by atoms with E-state index in [4.69, 9.17) is 4.74 Å². The van der Waals surface area contributed by atoms with Crippen LogP contribution in [0.5, 0.6) is 0 Å². The number of benzene rings is 1. The van der Waals surface area contributed by atoms with Crippen LogP contribution in [0, 0.1) is 0 Å². The Labute approximate surface area is 110 Å². The lowest BCUT2D eigenvalue weighted by atomic mass is 10.1. The summed E-state index contributed by atoms with van der Waals surface area (Å²) >= 11 is 0. The number of anilines is 1. The highest BCUT2D eigenvalue weighted by atomic mass is 16.5. The van der Waals surface area contributed by atoms with Crippen molar-refractivity contribution in [3.8, 4) is 0 Å². The van der Waals surface area contributed by atoms with Crippen molar-refractivity contribution in [1.82, 2.24) is 5.32 Å². The predicted octanol–water partition coefficient (Wildman–Crippen LogP) is 2.28. The van der Waals surface area contributed by atoms with Crippen LogP contribution in [0.1, 0.15) is 19.3 Å². The number of hydrogen-bond donors (Lipinski definition) is 1. The highest BCUT2D eigenvalue weighted by molar-refractivity contribution is 5.46. The molecule has 3 rings (SSSR count). The fourth-order valence-electron chi connectivity index (χ4n) is 2.31. The Balaban J connectivity index is 0.000000169. The second-order valence-electron chi connectivity index (χ2n) is 4.75. The molecule has 0 aliphatic carbocycles. The minimum Gasteiger partial charge on any atom is -0.379 e. The third-order valence-electron chi connectivity index (χ3n) is 3.32. The van der Waals surface area contributed by atoms with Gasteiger partial charge in [-0.05, 0) is 31.4 Å². The van der Waals surface area contributed by atoms with Crippen LogP contribution in [0.3, 0.4) is 0 Å². The average molecular weight is 248 g/mol. The summed E-state index contributed by atoms with van der Waals surface area (Å²) in [5, 5.41) is 3.16. The van der Waals surface area contributed by atoms with Crippen molar-refractivity contribution in [3.63, 3.8) is 0 Å². The van der Waals surface area contributed by atoms with Gasteiger partial charge in [-0.1, -0.05) is 18.2 Å². The Morgan fingerprint density at radius 3 is 2.06 bits per heavy atom. The predicted molar refractivity (Wildman–Crippen MR) is 76.2 cm³/mol. The average Bonchev–Trinajstić information content (AvgIpc) is 2.51. The number of piperidine rings is 1. The molecule has 0 atom stereocenters. The highest BCUT2D eigenvalue weighted by Crippen LogP contribution is 2.18. The van der Waals surface area contributed by atoms with Gasteiger partial charge in [-0.3, -0.25) is 0 Å². The first-order valence-corrected chi connectivity index (χ1v) is 7.05. The highest BCUT2D eigenvalue weighted by Gasteiger charge is 2.09. The minimum atomic E-state index is 0.889. The summed E-state index contributed by atoms with van der Waals surface area (Å²) in [5.41, 5.74) is 1.39. The van der Waals surface area contributed by atoms with Gasteiger partial charge in [-0.2, -0.15) is 0 Å². The molecule has 0 unspecified atom stereocenters. The molecule has 18 heavy (non-hydrogen) atoms. The van der Waals surface area contributed by atoms with Crippen molar-refractivity contribution in [3.05, 3.63) is 30.3 Å². The van der Waals surface area contributed by atoms with Gasteiger partial charge in [0.05, 0.1) is 13.2 Å². The number of rotatable bonds is 1. The first-order valence-electron chi connectivity index (χ1n) is 7.05. The largest absolute Gasteiger partial charge is 0.379 e. The summed E-state index contributed by atoms with van der Waals surface area (Å²) in [6.07, 6.45) is 4.12. The van der Waals surface area contributed by atoms with Gasteiger partial charge in [0.2, 0.25) is 0 Å². The monoisotopic (exact) mass is 248 g/mol. The Hall–Kier alpha value is -1.06. The van der Waals surface area contributed by atoms with Crippen LogP contribution in [0.2, 0.25) is 0 Å². The first-order chi connectivity index (χ1) is 8.97. The molecule has 2 saturated heterocycles. The molecule has 2 fully saturated rings. The van der Waals surface area contributed by atoms with Gasteiger partial charge in [0.15, 0.2) is 0 Å². The zero-order valence-electron chi connectivity index (χ0n) is 11.1. The van der Waals surface area contributed by atoms with Crippen molar-refractivity contribution in [2.45, 2.75) is 19.3 Å². The van der Waals surface area contributed by atoms with E-state index in [1.807, 2.05) is 0 Å². The molecule has 2 aliphatic rings. The molecule has 1 N–H and O–H groups in total. The molecule has 1 aromatic carbocycles. The van der Waals surface area contributed by atoms with Crippen LogP contribution < -0.4 is 10.2 Å². The third-order valence-corrected chi connectivity index (χ3v) is 3.32. The minimum absolute atomic E-state index is 0.889. The zero-order chi connectivity index (χ0) is 12.5. The van der Waals surface area contributed by atoms with Gasteiger partial charge >= 0.3 is 0 Å². The van der Waals surface area contributed by atoms with E-state index in [0.717, 1.165) is 26.3 Å². The van der Waals surface area contributed by atoms with Crippen molar-refractivity contribution in [2.24, 2.45) is 0 Å². The van der Waals surface area contributed by atoms with Crippen LogP contribution in [-0.2, 0) is 4.74 Å².